The largest absolute Gasteiger partial charge is 0.489 e. The summed E-state index contributed by atoms with van der Waals surface area (Å²) in [7, 11) is 0. The summed E-state index contributed by atoms with van der Waals surface area (Å²) in [5, 5.41) is 0. The Kier molecular flexibility index (Phi) is 4.41. The van der Waals surface area contributed by atoms with Gasteiger partial charge in [0.05, 0.1) is 6.10 Å². The van der Waals surface area contributed by atoms with Gasteiger partial charge >= 0.3 is 0 Å². The van der Waals surface area contributed by atoms with Gasteiger partial charge in [0, 0.05) is 0 Å². The lowest BCUT2D eigenvalue weighted by Crippen LogP contribution is -2.08. The Bertz CT molecular complexity index is 648. The Balaban J connectivity index is 2.39. The molecule has 0 fully saturated rings. The molecule has 0 saturated heterocycles. The fourth-order valence-corrected chi connectivity index (χ4v) is 2.16. The number of rotatable bonds is 4. The van der Waals surface area contributed by atoms with Crippen molar-refractivity contribution in [1.82, 2.24) is 0 Å². The van der Waals surface area contributed by atoms with E-state index in [1.54, 1.807) is 0 Å². The van der Waals surface area contributed by atoms with E-state index in [2.05, 4.69) is 26.0 Å². The zero-order valence-corrected chi connectivity index (χ0v) is 13.4. The summed E-state index contributed by atoms with van der Waals surface area (Å²) in [6.07, 6.45) is 0.0741. The summed E-state index contributed by atoms with van der Waals surface area (Å²) in [6.45, 7) is 10.1. The van der Waals surface area contributed by atoms with Crippen LogP contribution < -0.4 is 15.2 Å². The predicted octanol–water partition coefficient (Wildman–Crippen LogP) is 4.77. The number of anilines is 1. The fraction of sp³-hybridized carbons (Fsp3) is 0.333. The monoisotopic (exact) mass is 285 g/mol. The second-order valence-corrected chi connectivity index (χ2v) is 5.59. The molecule has 0 aromatic heterocycles. The molecule has 3 nitrogen and oxygen atoms in total. The third-order valence-corrected chi connectivity index (χ3v) is 3.47. The SMILES string of the molecule is Cc1ccc(C)c(Oc2cccc(OC(C)C)c2N)c1C. The zero-order valence-electron chi connectivity index (χ0n) is 13.4. The van der Waals surface area contributed by atoms with Crippen molar-refractivity contribution in [2.45, 2.75) is 40.7 Å². The van der Waals surface area contributed by atoms with Crippen LogP contribution >= 0.6 is 0 Å². The highest BCUT2D eigenvalue weighted by Crippen LogP contribution is 2.37. The molecular formula is C18H23NO2. The van der Waals surface area contributed by atoms with Crippen molar-refractivity contribution in [3.8, 4) is 17.2 Å². The highest BCUT2D eigenvalue weighted by atomic mass is 16.5. The van der Waals surface area contributed by atoms with Gasteiger partial charge in [-0.3, -0.25) is 0 Å². The van der Waals surface area contributed by atoms with Crippen molar-refractivity contribution in [3.05, 3.63) is 47.0 Å². The normalized spacial score (nSPS) is 10.8. The quantitative estimate of drug-likeness (QED) is 0.823. The van der Waals surface area contributed by atoms with E-state index in [-0.39, 0.29) is 6.10 Å². The summed E-state index contributed by atoms with van der Waals surface area (Å²) in [6, 6.07) is 9.77. The van der Waals surface area contributed by atoms with Crippen molar-refractivity contribution in [1.29, 1.82) is 0 Å². The van der Waals surface area contributed by atoms with Gasteiger partial charge in [0.2, 0.25) is 0 Å². The molecule has 2 N–H and O–H groups in total. The maximum Gasteiger partial charge on any atom is 0.154 e. The van der Waals surface area contributed by atoms with Crippen LogP contribution in [0, 0.1) is 20.8 Å². The van der Waals surface area contributed by atoms with E-state index in [1.807, 2.05) is 39.0 Å². The highest BCUT2D eigenvalue weighted by Gasteiger charge is 2.13. The van der Waals surface area contributed by atoms with Gasteiger partial charge in [-0.2, -0.15) is 0 Å². The van der Waals surface area contributed by atoms with Crippen molar-refractivity contribution in [2.75, 3.05) is 5.73 Å². The molecule has 0 unspecified atom stereocenters. The van der Waals surface area contributed by atoms with E-state index >= 15 is 0 Å². The minimum Gasteiger partial charge on any atom is -0.489 e. The minimum absolute atomic E-state index is 0.0741. The molecule has 0 bridgehead atoms. The van der Waals surface area contributed by atoms with Crippen LogP contribution in [0.3, 0.4) is 0 Å². The summed E-state index contributed by atoms with van der Waals surface area (Å²) in [5.74, 6) is 2.15. The van der Waals surface area contributed by atoms with Gasteiger partial charge in [0.15, 0.2) is 5.75 Å². The topological polar surface area (TPSA) is 44.5 Å². The summed E-state index contributed by atoms with van der Waals surface area (Å²) < 4.78 is 11.8. The summed E-state index contributed by atoms with van der Waals surface area (Å²) >= 11 is 0. The molecule has 112 valence electrons. The standard InChI is InChI=1S/C18H23NO2/c1-11(2)20-15-7-6-8-16(17(15)19)21-18-13(4)10-9-12(3)14(18)5/h6-11H,19H2,1-5H3. The third-order valence-electron chi connectivity index (χ3n) is 3.47. The van der Waals surface area contributed by atoms with Crippen LogP contribution in [-0.2, 0) is 0 Å². The van der Waals surface area contributed by atoms with Crippen LogP contribution in [0.4, 0.5) is 5.69 Å². The van der Waals surface area contributed by atoms with Crippen LogP contribution in [-0.4, -0.2) is 6.10 Å². The second kappa shape index (κ2) is 6.08. The zero-order chi connectivity index (χ0) is 15.6. The molecule has 0 saturated carbocycles. The van der Waals surface area contributed by atoms with E-state index in [4.69, 9.17) is 15.2 Å². The number of nitrogen functional groups attached to an aromatic ring is 1. The lowest BCUT2D eigenvalue weighted by molar-refractivity contribution is 0.243. The van der Waals surface area contributed by atoms with E-state index in [1.165, 1.54) is 5.56 Å². The Morgan fingerprint density at radius 2 is 1.52 bits per heavy atom. The van der Waals surface area contributed by atoms with Gasteiger partial charge in [0.25, 0.3) is 0 Å². The average Bonchev–Trinajstić information content (AvgIpc) is 2.42. The van der Waals surface area contributed by atoms with Gasteiger partial charge in [-0.15, -0.1) is 0 Å². The fourth-order valence-electron chi connectivity index (χ4n) is 2.16. The van der Waals surface area contributed by atoms with Crippen molar-refractivity contribution in [2.24, 2.45) is 0 Å². The Morgan fingerprint density at radius 3 is 2.19 bits per heavy atom. The van der Waals surface area contributed by atoms with Crippen molar-refractivity contribution < 1.29 is 9.47 Å². The number of hydrogen-bond acceptors (Lipinski definition) is 3. The first kappa shape index (κ1) is 15.2. The molecule has 0 aliphatic rings. The maximum atomic E-state index is 6.17. The van der Waals surface area contributed by atoms with Crippen LogP contribution in [0.5, 0.6) is 17.2 Å². The Labute approximate surface area is 126 Å². The van der Waals surface area contributed by atoms with Crippen molar-refractivity contribution >= 4 is 5.69 Å². The second-order valence-electron chi connectivity index (χ2n) is 5.59. The molecule has 2 rings (SSSR count). The number of benzene rings is 2. The first-order chi connectivity index (χ1) is 9.90. The average molecular weight is 285 g/mol. The number of para-hydroxylation sites is 1. The van der Waals surface area contributed by atoms with Gasteiger partial charge < -0.3 is 15.2 Å². The van der Waals surface area contributed by atoms with Gasteiger partial charge in [-0.1, -0.05) is 18.2 Å². The minimum atomic E-state index is 0.0741. The van der Waals surface area contributed by atoms with Crippen LogP contribution in [0.25, 0.3) is 0 Å². The van der Waals surface area contributed by atoms with Crippen LogP contribution in [0.15, 0.2) is 30.3 Å². The molecule has 0 spiro atoms. The molecule has 2 aromatic carbocycles. The highest BCUT2D eigenvalue weighted by molar-refractivity contribution is 5.64. The summed E-state index contributed by atoms with van der Waals surface area (Å²) in [4.78, 5) is 0. The van der Waals surface area contributed by atoms with E-state index in [0.717, 1.165) is 16.9 Å². The summed E-state index contributed by atoms with van der Waals surface area (Å²) in [5.41, 5.74) is 10.1. The Hall–Kier alpha value is -2.16. The lowest BCUT2D eigenvalue weighted by atomic mass is 10.1. The first-order valence-electron chi connectivity index (χ1n) is 7.20. The van der Waals surface area contributed by atoms with Crippen molar-refractivity contribution in [3.63, 3.8) is 0 Å². The molecule has 3 heteroatoms. The number of nitrogens with two attached hydrogens (primary N) is 1. The number of ether oxygens (including phenoxy) is 2. The third kappa shape index (κ3) is 3.30. The number of aryl methyl sites for hydroxylation is 2. The smallest absolute Gasteiger partial charge is 0.154 e. The van der Waals surface area contributed by atoms with E-state index < -0.39 is 0 Å². The molecule has 0 amide bonds. The molecule has 0 heterocycles. The molecule has 21 heavy (non-hydrogen) atoms. The van der Waals surface area contributed by atoms with Gasteiger partial charge in [-0.25, -0.2) is 0 Å². The van der Waals surface area contributed by atoms with Crippen LogP contribution in [0.1, 0.15) is 30.5 Å². The first-order valence-corrected chi connectivity index (χ1v) is 7.20. The molecule has 0 aliphatic heterocycles. The molecule has 0 atom stereocenters. The molecule has 2 aromatic rings. The van der Waals surface area contributed by atoms with Gasteiger partial charge in [-0.05, 0) is 63.4 Å². The lowest BCUT2D eigenvalue weighted by Gasteiger charge is -2.17. The molecular weight excluding hydrogens is 262 g/mol. The molecule has 0 aliphatic carbocycles. The van der Waals surface area contributed by atoms with E-state index in [9.17, 15) is 0 Å². The Morgan fingerprint density at radius 1 is 0.905 bits per heavy atom. The molecule has 0 radical (unpaired) electrons. The maximum absolute atomic E-state index is 6.17. The van der Waals surface area contributed by atoms with E-state index in [0.29, 0.717) is 17.2 Å². The van der Waals surface area contributed by atoms with Crippen LogP contribution in [0.2, 0.25) is 0 Å². The number of hydrogen-bond donors (Lipinski definition) is 1. The predicted molar refractivity (Wildman–Crippen MR) is 87.3 cm³/mol. The van der Waals surface area contributed by atoms with Gasteiger partial charge in [0.1, 0.15) is 17.2 Å².